The fraction of sp³-hybridized carbons (Fsp3) is 0.520. The highest BCUT2D eigenvalue weighted by Crippen LogP contribution is 2.38. The minimum absolute atomic E-state index is 0.508. The van der Waals surface area contributed by atoms with Gasteiger partial charge in [-0.2, -0.15) is 0 Å². The van der Waals surface area contributed by atoms with Crippen molar-refractivity contribution in [2.75, 3.05) is 47.3 Å². The first-order valence-electron chi connectivity index (χ1n) is 11.1. The summed E-state index contributed by atoms with van der Waals surface area (Å²) < 4.78 is 21.5. The van der Waals surface area contributed by atoms with Crippen LogP contribution in [-0.4, -0.2) is 52.5 Å². The largest absolute Gasteiger partial charge is 0.496 e. The molecule has 0 heterocycles. The summed E-state index contributed by atoms with van der Waals surface area (Å²) in [6.07, 6.45) is 1.60. The quantitative estimate of drug-likeness (QED) is 0.396. The van der Waals surface area contributed by atoms with Gasteiger partial charge in [-0.3, -0.25) is 0 Å². The number of rotatable bonds is 12. The number of nitrogens with two attached hydrogens (primary N) is 2. The topological polar surface area (TPSA) is 89.0 Å². The molecule has 4 N–H and O–H groups in total. The molecule has 8 heteroatoms. The summed E-state index contributed by atoms with van der Waals surface area (Å²) in [7, 11) is 6.75. The summed E-state index contributed by atoms with van der Waals surface area (Å²) in [5.74, 6) is 4.58. The van der Waals surface area contributed by atoms with Gasteiger partial charge in [-0.25, -0.2) is 0 Å². The lowest BCUT2D eigenvalue weighted by Gasteiger charge is -2.15. The molecule has 0 aliphatic carbocycles. The lowest BCUT2D eigenvalue weighted by Crippen LogP contribution is -2.05. The summed E-state index contributed by atoms with van der Waals surface area (Å²) >= 11 is 3.52. The van der Waals surface area contributed by atoms with Crippen molar-refractivity contribution < 1.29 is 18.9 Å². The molecule has 0 spiro atoms. The van der Waals surface area contributed by atoms with Crippen molar-refractivity contribution >= 4 is 23.5 Å². The summed E-state index contributed by atoms with van der Waals surface area (Å²) in [6, 6.07) is 8.10. The lowest BCUT2D eigenvalue weighted by atomic mass is 10.1. The van der Waals surface area contributed by atoms with E-state index in [1.54, 1.807) is 52.0 Å². The van der Waals surface area contributed by atoms with Gasteiger partial charge in [0.15, 0.2) is 0 Å². The van der Waals surface area contributed by atoms with Gasteiger partial charge in [0.05, 0.1) is 38.2 Å². The molecule has 0 fully saturated rings. The average Bonchev–Trinajstić information content (AvgIpc) is 2.80. The Morgan fingerprint density at radius 1 is 0.697 bits per heavy atom. The Morgan fingerprint density at radius 2 is 1.12 bits per heavy atom. The highest BCUT2D eigenvalue weighted by molar-refractivity contribution is 8.00. The van der Waals surface area contributed by atoms with Gasteiger partial charge in [0, 0.05) is 5.25 Å². The van der Waals surface area contributed by atoms with Crippen molar-refractivity contribution in [3.05, 3.63) is 35.4 Å². The van der Waals surface area contributed by atoms with E-state index in [1.165, 1.54) is 0 Å². The lowest BCUT2D eigenvalue weighted by molar-refractivity contribution is 0.390. The van der Waals surface area contributed by atoms with Crippen molar-refractivity contribution in [1.82, 2.24) is 0 Å². The Bertz CT molecular complexity index is 814. The number of methoxy groups -OCH3 is 4. The molecule has 0 atom stereocenters. The highest BCUT2D eigenvalue weighted by atomic mass is 32.2. The standard InChI is InChI=1S/C13H21NO2S.C12H19NO2S/c1-9(2)17-13-8-11(15-3)10(5-6-14)7-12(13)16-4;1-4-16-12-8-10(14-2)9(5-6-13)7-11(12)15-3/h7-9H,5-6,14H2,1-4H3;7-8H,4-6,13H2,1-3H3. The Labute approximate surface area is 208 Å². The monoisotopic (exact) mass is 496 g/mol. The molecule has 2 aromatic carbocycles. The molecule has 0 saturated heterocycles. The molecule has 0 amide bonds. The van der Waals surface area contributed by atoms with Crippen molar-refractivity contribution in [1.29, 1.82) is 0 Å². The fourth-order valence-electron chi connectivity index (χ4n) is 3.18. The minimum Gasteiger partial charge on any atom is -0.496 e. The number of thioether (sulfide) groups is 2. The van der Waals surface area contributed by atoms with E-state index in [-0.39, 0.29) is 0 Å². The maximum atomic E-state index is 5.59. The third-order valence-corrected chi connectivity index (χ3v) is 6.59. The zero-order chi connectivity index (χ0) is 24.8. The molecule has 2 aromatic rings. The molecule has 186 valence electrons. The molecular weight excluding hydrogens is 456 g/mol. The van der Waals surface area contributed by atoms with Gasteiger partial charge in [-0.1, -0.05) is 20.8 Å². The van der Waals surface area contributed by atoms with Crippen LogP contribution in [0.4, 0.5) is 0 Å². The zero-order valence-corrected chi connectivity index (χ0v) is 22.7. The number of hydrogen-bond donors (Lipinski definition) is 2. The van der Waals surface area contributed by atoms with Gasteiger partial charge in [0.2, 0.25) is 0 Å². The van der Waals surface area contributed by atoms with Crippen molar-refractivity contribution in [3.8, 4) is 23.0 Å². The minimum atomic E-state index is 0.508. The van der Waals surface area contributed by atoms with E-state index in [0.717, 1.165) is 62.5 Å². The smallest absolute Gasteiger partial charge is 0.132 e. The molecule has 0 bridgehead atoms. The van der Waals surface area contributed by atoms with Gasteiger partial charge in [-0.05, 0) is 67.1 Å². The SMILES string of the molecule is CCSc1cc(OC)c(CCN)cc1OC.COc1cc(SC(C)C)c(OC)cc1CCN. The van der Waals surface area contributed by atoms with Crippen LogP contribution < -0.4 is 30.4 Å². The van der Waals surface area contributed by atoms with Crippen LogP contribution in [-0.2, 0) is 12.8 Å². The van der Waals surface area contributed by atoms with Gasteiger partial charge >= 0.3 is 0 Å². The molecule has 0 aliphatic rings. The van der Waals surface area contributed by atoms with E-state index in [1.807, 2.05) is 24.3 Å². The number of ether oxygens (including phenoxy) is 4. The zero-order valence-electron chi connectivity index (χ0n) is 21.0. The van der Waals surface area contributed by atoms with E-state index in [0.29, 0.717) is 18.3 Å². The number of hydrogen-bond acceptors (Lipinski definition) is 8. The van der Waals surface area contributed by atoms with Gasteiger partial charge in [0.1, 0.15) is 23.0 Å². The van der Waals surface area contributed by atoms with Crippen LogP contribution in [0.25, 0.3) is 0 Å². The molecule has 0 radical (unpaired) electrons. The van der Waals surface area contributed by atoms with E-state index >= 15 is 0 Å². The molecule has 6 nitrogen and oxygen atoms in total. The van der Waals surface area contributed by atoms with Crippen LogP contribution in [0.1, 0.15) is 31.9 Å². The second-order valence-electron chi connectivity index (χ2n) is 7.31. The molecule has 0 saturated carbocycles. The van der Waals surface area contributed by atoms with Crippen molar-refractivity contribution in [2.24, 2.45) is 11.5 Å². The van der Waals surface area contributed by atoms with E-state index in [4.69, 9.17) is 30.4 Å². The summed E-state index contributed by atoms with van der Waals surface area (Å²) in [5.41, 5.74) is 13.4. The summed E-state index contributed by atoms with van der Waals surface area (Å²) in [6.45, 7) is 7.65. The van der Waals surface area contributed by atoms with E-state index in [2.05, 4.69) is 20.8 Å². The third-order valence-electron chi connectivity index (χ3n) is 4.62. The average molecular weight is 497 g/mol. The number of benzene rings is 2. The second kappa shape index (κ2) is 16.0. The summed E-state index contributed by atoms with van der Waals surface area (Å²) in [5, 5.41) is 0.508. The fourth-order valence-corrected chi connectivity index (χ4v) is 4.91. The van der Waals surface area contributed by atoms with Crippen LogP contribution in [0.3, 0.4) is 0 Å². The van der Waals surface area contributed by atoms with Gasteiger partial charge < -0.3 is 30.4 Å². The maximum absolute atomic E-state index is 5.59. The summed E-state index contributed by atoms with van der Waals surface area (Å²) in [4.78, 5) is 2.22. The van der Waals surface area contributed by atoms with Crippen molar-refractivity contribution in [3.63, 3.8) is 0 Å². The molecule has 0 aromatic heterocycles. The Balaban J connectivity index is 0.000000331. The van der Waals surface area contributed by atoms with Crippen LogP contribution in [0, 0.1) is 0 Å². The van der Waals surface area contributed by atoms with Crippen LogP contribution in [0.5, 0.6) is 23.0 Å². The first-order chi connectivity index (χ1) is 15.9. The van der Waals surface area contributed by atoms with Crippen LogP contribution in [0.2, 0.25) is 0 Å². The first-order valence-corrected chi connectivity index (χ1v) is 12.9. The second-order valence-corrected chi connectivity index (χ2v) is 10.2. The maximum Gasteiger partial charge on any atom is 0.132 e. The van der Waals surface area contributed by atoms with Gasteiger partial charge in [0.25, 0.3) is 0 Å². The highest BCUT2D eigenvalue weighted by Gasteiger charge is 2.13. The van der Waals surface area contributed by atoms with E-state index in [9.17, 15) is 0 Å². The predicted octanol–water partition coefficient (Wildman–Crippen LogP) is 5.02. The molecule has 0 unspecified atom stereocenters. The molecular formula is C25H40N2O4S2. The Morgan fingerprint density at radius 3 is 1.48 bits per heavy atom. The molecule has 33 heavy (non-hydrogen) atoms. The van der Waals surface area contributed by atoms with E-state index < -0.39 is 0 Å². The first kappa shape index (κ1) is 29.3. The molecule has 2 rings (SSSR count). The Kier molecular flexibility index (Phi) is 14.2. The van der Waals surface area contributed by atoms with Gasteiger partial charge in [-0.15, -0.1) is 23.5 Å². The molecule has 0 aliphatic heterocycles. The Hall–Kier alpha value is -1.74. The third kappa shape index (κ3) is 9.20. The van der Waals surface area contributed by atoms with Crippen LogP contribution >= 0.6 is 23.5 Å². The predicted molar refractivity (Wildman–Crippen MR) is 142 cm³/mol. The normalized spacial score (nSPS) is 10.5. The van der Waals surface area contributed by atoms with Crippen LogP contribution in [0.15, 0.2) is 34.1 Å². The van der Waals surface area contributed by atoms with Crippen molar-refractivity contribution in [2.45, 2.75) is 48.7 Å².